The average Bonchev–Trinajstić information content (AvgIpc) is 2.92. The smallest absolute Gasteiger partial charge is 0.270 e. The Hall–Kier alpha value is -3.41. The number of nitrogen functional groups attached to an aromatic ring is 1. The van der Waals surface area contributed by atoms with Crippen molar-refractivity contribution in [3.05, 3.63) is 64.8 Å². The van der Waals surface area contributed by atoms with Crippen molar-refractivity contribution in [2.75, 3.05) is 5.73 Å². The number of nitrogens with zero attached hydrogens (tertiary/aromatic N) is 2. The molecule has 0 saturated heterocycles. The number of hydrogen-bond donors (Lipinski definition) is 2. The van der Waals surface area contributed by atoms with Crippen molar-refractivity contribution in [3.8, 4) is 11.1 Å². The first-order valence-corrected chi connectivity index (χ1v) is 7.03. The number of anilines is 1. The zero-order chi connectivity index (χ0) is 16.0. The van der Waals surface area contributed by atoms with Gasteiger partial charge in [-0.25, -0.2) is 4.98 Å². The molecule has 0 spiro atoms. The van der Waals surface area contributed by atoms with Gasteiger partial charge in [0.25, 0.3) is 5.69 Å². The Labute approximate surface area is 130 Å². The molecule has 0 radical (unpaired) electrons. The van der Waals surface area contributed by atoms with Gasteiger partial charge in [0.15, 0.2) is 0 Å². The lowest BCUT2D eigenvalue weighted by Crippen LogP contribution is -1.86. The van der Waals surface area contributed by atoms with Crippen molar-refractivity contribution in [1.29, 1.82) is 0 Å². The third kappa shape index (κ3) is 2.17. The second-order valence-corrected chi connectivity index (χ2v) is 5.35. The molecule has 0 aliphatic heterocycles. The van der Waals surface area contributed by atoms with Crippen LogP contribution in [0.4, 0.5) is 11.4 Å². The number of hydrogen-bond acceptors (Lipinski definition) is 4. The molecule has 0 aliphatic carbocycles. The summed E-state index contributed by atoms with van der Waals surface area (Å²) >= 11 is 0. The third-order valence-corrected chi connectivity index (χ3v) is 3.89. The van der Waals surface area contributed by atoms with Gasteiger partial charge in [-0.05, 0) is 29.8 Å². The van der Waals surface area contributed by atoms with Crippen LogP contribution in [0.1, 0.15) is 0 Å². The van der Waals surface area contributed by atoms with E-state index in [0.29, 0.717) is 11.3 Å². The molecule has 6 nitrogen and oxygen atoms in total. The molecular weight excluding hydrogens is 292 g/mol. The first-order chi connectivity index (χ1) is 11.1. The molecule has 4 aromatic rings. The number of nitro groups is 1. The van der Waals surface area contributed by atoms with Crippen LogP contribution in [-0.4, -0.2) is 14.9 Å². The summed E-state index contributed by atoms with van der Waals surface area (Å²) in [6.45, 7) is 0. The average molecular weight is 304 g/mol. The molecular formula is C17H12N4O2. The van der Waals surface area contributed by atoms with Crippen molar-refractivity contribution in [2.24, 2.45) is 0 Å². The van der Waals surface area contributed by atoms with Gasteiger partial charge in [0.05, 0.1) is 4.92 Å². The number of aromatic nitrogens is 2. The van der Waals surface area contributed by atoms with Crippen molar-refractivity contribution in [2.45, 2.75) is 0 Å². The van der Waals surface area contributed by atoms with Crippen LogP contribution in [0.25, 0.3) is 33.1 Å². The third-order valence-electron chi connectivity index (χ3n) is 3.89. The van der Waals surface area contributed by atoms with Gasteiger partial charge in [0.1, 0.15) is 5.65 Å². The summed E-state index contributed by atoms with van der Waals surface area (Å²) in [5.74, 6) is 0. The summed E-state index contributed by atoms with van der Waals surface area (Å²) in [6, 6.07) is 14.3. The molecule has 0 saturated carbocycles. The number of benzene rings is 2. The molecule has 6 heteroatoms. The molecule has 4 rings (SSSR count). The molecule has 0 aliphatic rings. The summed E-state index contributed by atoms with van der Waals surface area (Å²) in [5, 5.41) is 12.6. The second-order valence-electron chi connectivity index (χ2n) is 5.35. The predicted octanol–water partition coefficient (Wildman–Crippen LogP) is 3.87. The Bertz CT molecular complexity index is 1050. The largest absolute Gasteiger partial charge is 0.399 e. The van der Waals surface area contributed by atoms with Gasteiger partial charge in [0, 0.05) is 45.9 Å². The normalized spacial score (nSPS) is 11.1. The fourth-order valence-electron chi connectivity index (χ4n) is 2.71. The standard InChI is InChI=1S/C17H12N4O2/c18-12-3-1-10(2-4-12)11-7-15-14-8-13(21(22)23)5-6-16(14)20-17(15)19-9-11/h1-9H,18H2,(H,19,20). The molecule has 3 N–H and O–H groups in total. The topological polar surface area (TPSA) is 97.8 Å². The van der Waals surface area contributed by atoms with Gasteiger partial charge in [-0.3, -0.25) is 10.1 Å². The van der Waals surface area contributed by atoms with Crippen LogP contribution in [-0.2, 0) is 0 Å². The van der Waals surface area contributed by atoms with E-state index in [1.807, 2.05) is 30.3 Å². The monoisotopic (exact) mass is 304 g/mol. The molecule has 0 unspecified atom stereocenters. The Balaban J connectivity index is 1.95. The Kier molecular flexibility index (Phi) is 2.77. The van der Waals surface area contributed by atoms with Crippen LogP contribution in [0.2, 0.25) is 0 Å². The Morgan fingerprint density at radius 1 is 1.00 bits per heavy atom. The molecule has 2 aromatic carbocycles. The van der Waals surface area contributed by atoms with Crippen LogP contribution >= 0.6 is 0 Å². The van der Waals surface area contributed by atoms with Crippen molar-refractivity contribution in [1.82, 2.24) is 9.97 Å². The van der Waals surface area contributed by atoms with Crippen LogP contribution in [0.3, 0.4) is 0 Å². The van der Waals surface area contributed by atoms with Crippen LogP contribution in [0, 0.1) is 10.1 Å². The number of non-ortho nitro benzene ring substituents is 1. The first-order valence-electron chi connectivity index (χ1n) is 7.03. The highest BCUT2D eigenvalue weighted by Gasteiger charge is 2.12. The summed E-state index contributed by atoms with van der Waals surface area (Å²) in [7, 11) is 0. The number of nitro benzene ring substituents is 1. The quantitative estimate of drug-likeness (QED) is 0.333. The maximum Gasteiger partial charge on any atom is 0.270 e. The summed E-state index contributed by atoms with van der Waals surface area (Å²) in [4.78, 5) is 18.2. The van der Waals surface area contributed by atoms with Gasteiger partial charge in [-0.2, -0.15) is 0 Å². The Morgan fingerprint density at radius 2 is 1.78 bits per heavy atom. The van der Waals surface area contributed by atoms with Crippen LogP contribution < -0.4 is 5.73 Å². The Morgan fingerprint density at radius 3 is 2.52 bits per heavy atom. The maximum atomic E-state index is 11.0. The molecule has 0 bridgehead atoms. The molecule has 0 atom stereocenters. The minimum absolute atomic E-state index is 0.0660. The zero-order valence-electron chi connectivity index (χ0n) is 12.0. The van der Waals surface area contributed by atoms with Crippen LogP contribution in [0.15, 0.2) is 54.7 Å². The van der Waals surface area contributed by atoms with E-state index in [9.17, 15) is 10.1 Å². The molecule has 0 amide bonds. The molecule has 112 valence electrons. The fraction of sp³-hybridized carbons (Fsp3) is 0. The second kappa shape index (κ2) is 4.81. The van der Waals surface area contributed by atoms with Crippen molar-refractivity contribution in [3.63, 3.8) is 0 Å². The first kappa shape index (κ1) is 13.3. The van der Waals surface area contributed by atoms with Gasteiger partial charge in [-0.15, -0.1) is 0 Å². The number of nitrogens with two attached hydrogens (primary N) is 1. The van der Waals surface area contributed by atoms with E-state index in [0.717, 1.165) is 27.4 Å². The minimum atomic E-state index is -0.393. The lowest BCUT2D eigenvalue weighted by molar-refractivity contribution is -0.384. The number of aromatic amines is 1. The van der Waals surface area contributed by atoms with Gasteiger partial charge < -0.3 is 10.7 Å². The summed E-state index contributed by atoms with van der Waals surface area (Å²) < 4.78 is 0. The highest BCUT2D eigenvalue weighted by atomic mass is 16.6. The highest BCUT2D eigenvalue weighted by Crippen LogP contribution is 2.30. The van der Waals surface area contributed by atoms with E-state index < -0.39 is 4.92 Å². The lowest BCUT2D eigenvalue weighted by Gasteiger charge is -2.02. The van der Waals surface area contributed by atoms with Crippen LogP contribution in [0.5, 0.6) is 0 Å². The number of fused-ring (bicyclic) bond motifs is 3. The summed E-state index contributed by atoms with van der Waals surface area (Å²) in [5.41, 5.74) is 9.94. The SMILES string of the molecule is Nc1ccc(-c2cnc3[nH]c4ccc([N+](=O)[O-])cc4c3c2)cc1. The maximum absolute atomic E-state index is 11.0. The van der Waals surface area contributed by atoms with Gasteiger partial charge in [0.2, 0.25) is 0 Å². The summed E-state index contributed by atoms with van der Waals surface area (Å²) in [6.07, 6.45) is 1.78. The number of H-pyrrole nitrogens is 1. The minimum Gasteiger partial charge on any atom is -0.399 e. The van der Waals surface area contributed by atoms with Gasteiger partial charge >= 0.3 is 0 Å². The van der Waals surface area contributed by atoms with E-state index in [2.05, 4.69) is 9.97 Å². The van der Waals surface area contributed by atoms with E-state index in [-0.39, 0.29) is 5.69 Å². The van der Waals surface area contributed by atoms with E-state index in [4.69, 9.17) is 5.73 Å². The van der Waals surface area contributed by atoms with E-state index in [1.165, 1.54) is 6.07 Å². The fourth-order valence-corrected chi connectivity index (χ4v) is 2.71. The van der Waals surface area contributed by atoms with Crippen molar-refractivity contribution >= 4 is 33.3 Å². The molecule has 2 heterocycles. The lowest BCUT2D eigenvalue weighted by atomic mass is 10.1. The number of rotatable bonds is 2. The van der Waals surface area contributed by atoms with Gasteiger partial charge in [-0.1, -0.05) is 12.1 Å². The molecule has 2 aromatic heterocycles. The number of nitrogens with one attached hydrogen (secondary N) is 1. The predicted molar refractivity (Wildman–Crippen MR) is 90.1 cm³/mol. The van der Waals surface area contributed by atoms with E-state index >= 15 is 0 Å². The molecule has 0 fully saturated rings. The molecule has 23 heavy (non-hydrogen) atoms. The highest BCUT2D eigenvalue weighted by molar-refractivity contribution is 6.07. The van der Waals surface area contributed by atoms with Crippen molar-refractivity contribution < 1.29 is 4.92 Å². The number of pyridine rings is 1. The van der Waals surface area contributed by atoms with E-state index in [1.54, 1.807) is 18.3 Å². The zero-order valence-corrected chi connectivity index (χ0v) is 12.0.